The number of hydrogen-bond donors (Lipinski definition) is 1. The number of thioether (sulfide) groups is 1. The number of hydrogen-bond acceptors (Lipinski definition) is 3. The van der Waals surface area contributed by atoms with Gasteiger partial charge in [0.2, 0.25) is 5.91 Å². The first-order valence-electron chi connectivity index (χ1n) is 7.09. The number of nitrogens with one attached hydrogen (secondary N) is 1. The summed E-state index contributed by atoms with van der Waals surface area (Å²) in [7, 11) is 1.75. The number of benzene rings is 1. The molecule has 0 bridgehead atoms. The van der Waals surface area contributed by atoms with Crippen molar-refractivity contribution in [1.82, 2.24) is 5.32 Å². The summed E-state index contributed by atoms with van der Waals surface area (Å²) in [6, 6.07) is 8.09. The topological polar surface area (TPSA) is 38.3 Å². The van der Waals surface area contributed by atoms with Crippen LogP contribution < -0.4 is 5.32 Å². The Bertz CT molecular complexity index is 456. The van der Waals surface area contributed by atoms with Gasteiger partial charge in [-0.15, -0.1) is 0 Å². The Morgan fingerprint density at radius 2 is 2.15 bits per heavy atom. The molecule has 0 atom stereocenters. The van der Waals surface area contributed by atoms with E-state index in [0.29, 0.717) is 13.0 Å². The normalized spacial score (nSPS) is 17.7. The summed E-state index contributed by atoms with van der Waals surface area (Å²) >= 11 is 1.96. The minimum atomic E-state index is -0.159. The second-order valence-corrected chi connectivity index (χ2v) is 6.67. The van der Waals surface area contributed by atoms with Gasteiger partial charge in [-0.25, -0.2) is 0 Å². The number of aryl methyl sites for hydroxylation is 1. The fourth-order valence-electron chi connectivity index (χ4n) is 2.53. The average Bonchev–Trinajstić information content (AvgIpc) is 2.46. The van der Waals surface area contributed by atoms with E-state index in [1.165, 1.54) is 5.56 Å². The molecule has 0 saturated carbocycles. The monoisotopic (exact) mass is 293 g/mol. The van der Waals surface area contributed by atoms with Crippen LogP contribution in [0, 0.1) is 6.92 Å². The molecule has 1 aliphatic rings. The van der Waals surface area contributed by atoms with Gasteiger partial charge in [-0.1, -0.05) is 29.8 Å². The van der Waals surface area contributed by atoms with Crippen molar-refractivity contribution >= 4 is 17.7 Å². The standard InChI is InChI=1S/C16H23NO2S/c1-13-4-3-5-14(10-13)11-15(18)17-12-16(19-2)6-8-20-9-7-16/h3-5,10H,6-9,11-12H2,1-2H3,(H,17,18). The Balaban J connectivity index is 1.85. The predicted molar refractivity (Wildman–Crippen MR) is 84.2 cm³/mol. The number of carbonyl (C=O) groups excluding carboxylic acids is 1. The molecule has 2 rings (SSSR count). The molecule has 1 N–H and O–H groups in total. The molecule has 20 heavy (non-hydrogen) atoms. The maximum Gasteiger partial charge on any atom is 0.224 e. The van der Waals surface area contributed by atoms with Gasteiger partial charge in [0.25, 0.3) is 0 Å². The van der Waals surface area contributed by atoms with Crippen LogP contribution in [0.3, 0.4) is 0 Å². The fraction of sp³-hybridized carbons (Fsp3) is 0.562. The minimum Gasteiger partial charge on any atom is -0.376 e. The van der Waals surface area contributed by atoms with Gasteiger partial charge in [0.15, 0.2) is 0 Å². The number of ether oxygens (including phenoxy) is 1. The molecule has 1 fully saturated rings. The zero-order valence-electron chi connectivity index (χ0n) is 12.3. The number of amides is 1. The quantitative estimate of drug-likeness (QED) is 0.907. The highest BCUT2D eigenvalue weighted by Crippen LogP contribution is 2.29. The molecule has 0 aromatic heterocycles. The van der Waals surface area contributed by atoms with Crippen LogP contribution >= 0.6 is 11.8 Å². The van der Waals surface area contributed by atoms with Gasteiger partial charge in [0, 0.05) is 13.7 Å². The van der Waals surface area contributed by atoms with Gasteiger partial charge >= 0.3 is 0 Å². The zero-order chi connectivity index (χ0) is 14.4. The van der Waals surface area contributed by atoms with Gasteiger partial charge < -0.3 is 10.1 Å². The van der Waals surface area contributed by atoms with E-state index in [0.717, 1.165) is 29.9 Å². The number of carbonyl (C=O) groups is 1. The van der Waals surface area contributed by atoms with Crippen LogP contribution in [-0.2, 0) is 16.0 Å². The molecule has 0 radical (unpaired) electrons. The molecular formula is C16H23NO2S. The van der Waals surface area contributed by atoms with E-state index in [4.69, 9.17) is 4.74 Å². The second kappa shape index (κ2) is 7.14. The second-order valence-electron chi connectivity index (χ2n) is 5.44. The van der Waals surface area contributed by atoms with Gasteiger partial charge in [-0.3, -0.25) is 4.79 Å². The van der Waals surface area contributed by atoms with Crippen LogP contribution in [0.4, 0.5) is 0 Å². The first-order valence-corrected chi connectivity index (χ1v) is 8.24. The lowest BCUT2D eigenvalue weighted by Gasteiger charge is -2.35. The Kier molecular flexibility index (Phi) is 5.49. The predicted octanol–water partition coefficient (Wildman–Crippen LogP) is 2.57. The smallest absolute Gasteiger partial charge is 0.224 e. The highest BCUT2D eigenvalue weighted by Gasteiger charge is 2.32. The highest BCUT2D eigenvalue weighted by molar-refractivity contribution is 7.99. The third-order valence-electron chi connectivity index (χ3n) is 3.89. The van der Waals surface area contributed by atoms with Crippen LogP contribution in [0.1, 0.15) is 24.0 Å². The van der Waals surface area contributed by atoms with Crippen LogP contribution in [0.2, 0.25) is 0 Å². The lowest BCUT2D eigenvalue weighted by molar-refractivity contribution is -0.122. The van der Waals surface area contributed by atoms with Crippen molar-refractivity contribution in [3.8, 4) is 0 Å². The third kappa shape index (κ3) is 4.25. The van der Waals surface area contributed by atoms with Crippen molar-refractivity contribution in [2.45, 2.75) is 31.8 Å². The van der Waals surface area contributed by atoms with E-state index in [1.807, 2.05) is 36.9 Å². The van der Waals surface area contributed by atoms with Crippen LogP contribution in [0.25, 0.3) is 0 Å². The molecule has 3 nitrogen and oxygen atoms in total. The Morgan fingerprint density at radius 3 is 2.80 bits per heavy atom. The molecule has 110 valence electrons. The maximum atomic E-state index is 12.1. The van der Waals surface area contributed by atoms with Gasteiger partial charge in [-0.2, -0.15) is 11.8 Å². The van der Waals surface area contributed by atoms with Crippen LogP contribution in [-0.4, -0.2) is 36.7 Å². The van der Waals surface area contributed by atoms with Gasteiger partial charge in [0.05, 0.1) is 12.0 Å². The van der Waals surface area contributed by atoms with Crippen LogP contribution in [0.15, 0.2) is 24.3 Å². The Morgan fingerprint density at radius 1 is 1.40 bits per heavy atom. The van der Waals surface area contributed by atoms with Gasteiger partial charge in [0.1, 0.15) is 0 Å². The van der Waals surface area contributed by atoms with E-state index in [1.54, 1.807) is 7.11 Å². The van der Waals surface area contributed by atoms with Crippen molar-refractivity contribution in [3.63, 3.8) is 0 Å². The van der Waals surface area contributed by atoms with Crippen molar-refractivity contribution in [2.75, 3.05) is 25.2 Å². The van der Waals surface area contributed by atoms with E-state index in [-0.39, 0.29) is 11.5 Å². The molecule has 1 aromatic carbocycles. The van der Waals surface area contributed by atoms with Gasteiger partial charge in [-0.05, 0) is 36.8 Å². The minimum absolute atomic E-state index is 0.0743. The summed E-state index contributed by atoms with van der Waals surface area (Å²) in [6.45, 7) is 2.66. The molecule has 0 unspecified atom stereocenters. The molecule has 1 amide bonds. The molecule has 0 spiro atoms. The summed E-state index contributed by atoms with van der Waals surface area (Å²) in [5.41, 5.74) is 2.09. The largest absolute Gasteiger partial charge is 0.376 e. The molecular weight excluding hydrogens is 270 g/mol. The fourth-order valence-corrected chi connectivity index (χ4v) is 3.76. The molecule has 1 heterocycles. The SMILES string of the molecule is COC1(CNC(=O)Cc2cccc(C)c2)CCSCC1. The molecule has 4 heteroatoms. The molecule has 1 saturated heterocycles. The summed E-state index contributed by atoms with van der Waals surface area (Å²) in [4.78, 5) is 12.1. The average molecular weight is 293 g/mol. The van der Waals surface area contributed by atoms with Crippen molar-refractivity contribution in [3.05, 3.63) is 35.4 Å². The number of rotatable bonds is 5. The molecule has 1 aliphatic heterocycles. The summed E-state index contributed by atoms with van der Waals surface area (Å²) in [6.07, 6.45) is 2.47. The molecule has 1 aromatic rings. The summed E-state index contributed by atoms with van der Waals surface area (Å²) < 4.78 is 5.67. The van der Waals surface area contributed by atoms with Crippen LogP contribution in [0.5, 0.6) is 0 Å². The van der Waals surface area contributed by atoms with Crippen molar-refractivity contribution < 1.29 is 9.53 Å². The summed E-state index contributed by atoms with van der Waals surface area (Å²) in [5, 5.41) is 3.04. The van der Waals surface area contributed by atoms with E-state index in [2.05, 4.69) is 11.4 Å². The maximum absolute atomic E-state index is 12.1. The van der Waals surface area contributed by atoms with Crippen molar-refractivity contribution in [1.29, 1.82) is 0 Å². The third-order valence-corrected chi connectivity index (χ3v) is 4.88. The number of methoxy groups -OCH3 is 1. The summed E-state index contributed by atoms with van der Waals surface area (Å²) in [5.74, 6) is 2.30. The lowest BCUT2D eigenvalue weighted by Crippen LogP contribution is -2.47. The van der Waals surface area contributed by atoms with E-state index >= 15 is 0 Å². The Labute approximate surface area is 125 Å². The zero-order valence-corrected chi connectivity index (χ0v) is 13.1. The molecule has 0 aliphatic carbocycles. The van der Waals surface area contributed by atoms with E-state index in [9.17, 15) is 4.79 Å². The van der Waals surface area contributed by atoms with E-state index < -0.39 is 0 Å². The highest BCUT2D eigenvalue weighted by atomic mass is 32.2. The first kappa shape index (κ1) is 15.4. The lowest BCUT2D eigenvalue weighted by atomic mass is 9.96. The first-order chi connectivity index (χ1) is 9.63. The Hall–Kier alpha value is -1.00. The van der Waals surface area contributed by atoms with Crippen molar-refractivity contribution in [2.24, 2.45) is 0 Å².